The zero-order valence-electron chi connectivity index (χ0n) is 14.3. The van der Waals surface area contributed by atoms with Crippen LogP contribution in [0.5, 0.6) is 0 Å². The number of rotatable bonds is 10. The maximum Gasteiger partial charge on any atom is 0.308 e. The highest BCUT2D eigenvalue weighted by Crippen LogP contribution is 2.32. The van der Waals surface area contributed by atoms with Crippen LogP contribution in [0.3, 0.4) is 0 Å². The molecule has 22 heavy (non-hydrogen) atoms. The lowest BCUT2D eigenvalue weighted by atomic mass is 9.80. The van der Waals surface area contributed by atoms with Crippen molar-refractivity contribution in [1.82, 2.24) is 0 Å². The third-order valence-electron chi connectivity index (χ3n) is 4.47. The number of unbranched alkanes of at least 4 members (excludes halogenated alkanes) is 3. The third kappa shape index (κ3) is 8.40. The Morgan fingerprint density at radius 3 is 2.05 bits per heavy atom. The van der Waals surface area contributed by atoms with E-state index in [9.17, 15) is 9.59 Å². The predicted octanol–water partition coefficient (Wildman–Crippen LogP) is 4.26. The molecule has 0 aromatic rings. The first-order chi connectivity index (χ1) is 10.6. The maximum atomic E-state index is 12.0. The van der Waals surface area contributed by atoms with Gasteiger partial charge in [0.05, 0.1) is 19.1 Å². The minimum absolute atomic E-state index is 0.00913. The molecule has 0 atom stereocenters. The number of hydrogen-bond acceptors (Lipinski definition) is 4. The Morgan fingerprint density at radius 2 is 1.50 bits per heavy atom. The number of carbonyl (C=O) groups is 2. The van der Waals surface area contributed by atoms with Crippen molar-refractivity contribution in [3.8, 4) is 0 Å². The first kappa shape index (κ1) is 19.0. The van der Waals surface area contributed by atoms with Gasteiger partial charge in [0.2, 0.25) is 0 Å². The molecule has 0 aromatic heterocycles. The first-order valence-corrected chi connectivity index (χ1v) is 8.93. The van der Waals surface area contributed by atoms with Gasteiger partial charge in [-0.15, -0.1) is 0 Å². The van der Waals surface area contributed by atoms with Crippen molar-refractivity contribution < 1.29 is 19.1 Å². The molecular formula is C18H32O4. The van der Waals surface area contributed by atoms with E-state index >= 15 is 0 Å². The molecule has 0 heterocycles. The molecule has 0 bridgehead atoms. The van der Waals surface area contributed by atoms with Gasteiger partial charge in [-0.1, -0.05) is 19.8 Å². The normalized spacial score (nSPS) is 21.4. The van der Waals surface area contributed by atoms with Gasteiger partial charge in [-0.3, -0.25) is 9.59 Å². The summed E-state index contributed by atoms with van der Waals surface area (Å²) in [7, 11) is 0. The minimum Gasteiger partial charge on any atom is -0.466 e. The fourth-order valence-corrected chi connectivity index (χ4v) is 3.16. The molecule has 1 saturated carbocycles. The van der Waals surface area contributed by atoms with Crippen molar-refractivity contribution in [3.05, 3.63) is 0 Å². The van der Waals surface area contributed by atoms with Crippen molar-refractivity contribution in [3.63, 3.8) is 0 Å². The van der Waals surface area contributed by atoms with Crippen molar-refractivity contribution >= 4 is 11.9 Å². The summed E-state index contributed by atoms with van der Waals surface area (Å²) in [5, 5.41) is 0. The highest BCUT2D eigenvalue weighted by Gasteiger charge is 2.26. The van der Waals surface area contributed by atoms with Crippen LogP contribution in [-0.2, 0) is 19.1 Å². The van der Waals surface area contributed by atoms with Gasteiger partial charge >= 0.3 is 11.9 Å². The lowest BCUT2D eigenvalue weighted by Crippen LogP contribution is -2.24. The third-order valence-corrected chi connectivity index (χ3v) is 4.47. The van der Waals surface area contributed by atoms with Gasteiger partial charge in [-0.05, 0) is 57.3 Å². The molecule has 0 amide bonds. The van der Waals surface area contributed by atoms with Crippen LogP contribution in [0.4, 0.5) is 0 Å². The van der Waals surface area contributed by atoms with Gasteiger partial charge in [0.15, 0.2) is 0 Å². The van der Waals surface area contributed by atoms with E-state index < -0.39 is 0 Å². The summed E-state index contributed by atoms with van der Waals surface area (Å²) in [5.41, 5.74) is 0. The summed E-state index contributed by atoms with van der Waals surface area (Å²) in [6.45, 7) is 4.68. The second-order valence-corrected chi connectivity index (χ2v) is 6.43. The van der Waals surface area contributed by atoms with Crippen LogP contribution in [0, 0.1) is 11.8 Å². The summed E-state index contributed by atoms with van der Waals surface area (Å²) in [5.74, 6) is 0.751. The summed E-state index contributed by atoms with van der Waals surface area (Å²) < 4.78 is 10.3. The van der Waals surface area contributed by atoms with Crippen LogP contribution in [0.15, 0.2) is 0 Å². The molecule has 4 nitrogen and oxygen atoms in total. The van der Waals surface area contributed by atoms with E-state index in [1.54, 1.807) is 0 Å². The van der Waals surface area contributed by atoms with E-state index in [0.717, 1.165) is 44.4 Å². The molecule has 128 valence electrons. The fourth-order valence-electron chi connectivity index (χ4n) is 3.16. The predicted molar refractivity (Wildman–Crippen MR) is 86.4 cm³/mol. The van der Waals surface area contributed by atoms with Gasteiger partial charge in [-0.25, -0.2) is 0 Å². The van der Waals surface area contributed by atoms with E-state index in [1.165, 1.54) is 32.6 Å². The molecule has 0 N–H and O–H groups in total. The van der Waals surface area contributed by atoms with Crippen molar-refractivity contribution in [2.24, 2.45) is 11.8 Å². The largest absolute Gasteiger partial charge is 0.466 e. The molecule has 1 aliphatic rings. The lowest BCUT2D eigenvalue weighted by Gasteiger charge is -2.26. The summed E-state index contributed by atoms with van der Waals surface area (Å²) in [4.78, 5) is 22.6. The van der Waals surface area contributed by atoms with Gasteiger partial charge in [0.25, 0.3) is 0 Å². The zero-order chi connectivity index (χ0) is 16.2. The Labute approximate surface area is 134 Å². The molecular weight excluding hydrogens is 280 g/mol. The van der Waals surface area contributed by atoms with Crippen LogP contribution in [0.2, 0.25) is 0 Å². The van der Waals surface area contributed by atoms with Crippen LogP contribution in [-0.4, -0.2) is 25.2 Å². The summed E-state index contributed by atoms with van der Waals surface area (Å²) in [6.07, 6.45) is 10.7. The molecule has 4 heteroatoms. The smallest absolute Gasteiger partial charge is 0.308 e. The average molecular weight is 312 g/mol. The minimum atomic E-state index is -0.220. The van der Waals surface area contributed by atoms with E-state index in [4.69, 9.17) is 9.47 Å². The Balaban J connectivity index is 1.97. The molecule has 0 aromatic carbocycles. The van der Waals surface area contributed by atoms with Crippen molar-refractivity contribution in [2.45, 2.75) is 78.1 Å². The quantitative estimate of drug-likeness (QED) is 0.447. The zero-order valence-corrected chi connectivity index (χ0v) is 14.3. The highest BCUT2D eigenvalue weighted by atomic mass is 16.5. The summed E-state index contributed by atoms with van der Waals surface area (Å²) >= 11 is 0. The topological polar surface area (TPSA) is 52.6 Å². The number of esters is 2. The Hall–Kier alpha value is -1.06. The number of hydrogen-bond donors (Lipinski definition) is 0. The second-order valence-electron chi connectivity index (χ2n) is 6.43. The van der Waals surface area contributed by atoms with Crippen LogP contribution >= 0.6 is 0 Å². The van der Waals surface area contributed by atoms with Crippen molar-refractivity contribution in [2.75, 3.05) is 13.2 Å². The van der Waals surface area contributed by atoms with Gasteiger partial charge in [0.1, 0.15) is 0 Å². The Kier molecular flexibility index (Phi) is 9.93. The lowest BCUT2D eigenvalue weighted by molar-refractivity contribution is -0.150. The van der Waals surface area contributed by atoms with E-state index in [2.05, 4.69) is 6.92 Å². The Bertz CT molecular complexity index is 319. The van der Waals surface area contributed by atoms with Crippen molar-refractivity contribution in [1.29, 1.82) is 0 Å². The highest BCUT2D eigenvalue weighted by molar-refractivity contribution is 5.72. The molecule has 1 fully saturated rings. The van der Waals surface area contributed by atoms with Gasteiger partial charge in [0, 0.05) is 6.92 Å². The SMILES string of the molecule is CCCC1CCC(C(=O)OCCCCCCOC(C)=O)CC1. The molecule has 1 aliphatic carbocycles. The van der Waals surface area contributed by atoms with Gasteiger partial charge in [-0.2, -0.15) is 0 Å². The van der Waals surface area contributed by atoms with Crippen LogP contribution in [0.25, 0.3) is 0 Å². The van der Waals surface area contributed by atoms with E-state index in [1.807, 2.05) is 0 Å². The first-order valence-electron chi connectivity index (χ1n) is 8.93. The Morgan fingerprint density at radius 1 is 0.909 bits per heavy atom. The molecule has 0 radical (unpaired) electrons. The molecule has 0 saturated heterocycles. The van der Waals surface area contributed by atoms with Crippen LogP contribution in [0.1, 0.15) is 78.1 Å². The average Bonchev–Trinajstić information content (AvgIpc) is 2.50. The molecule has 0 unspecified atom stereocenters. The number of ether oxygens (including phenoxy) is 2. The maximum absolute atomic E-state index is 12.0. The van der Waals surface area contributed by atoms with E-state index in [0.29, 0.717) is 13.2 Å². The van der Waals surface area contributed by atoms with Crippen LogP contribution < -0.4 is 0 Å². The standard InChI is InChI=1S/C18H32O4/c1-3-8-16-9-11-17(12-10-16)18(20)22-14-7-5-4-6-13-21-15(2)19/h16-17H,3-14H2,1-2H3. The van der Waals surface area contributed by atoms with Gasteiger partial charge < -0.3 is 9.47 Å². The molecule has 1 rings (SSSR count). The molecule has 0 spiro atoms. The second kappa shape index (κ2) is 11.5. The number of carbonyl (C=O) groups excluding carboxylic acids is 2. The monoisotopic (exact) mass is 312 g/mol. The fraction of sp³-hybridized carbons (Fsp3) is 0.889. The van der Waals surface area contributed by atoms with E-state index in [-0.39, 0.29) is 17.9 Å². The molecule has 0 aliphatic heterocycles. The summed E-state index contributed by atoms with van der Waals surface area (Å²) in [6, 6.07) is 0.